The Morgan fingerprint density at radius 3 is 2.31 bits per heavy atom. The van der Waals surface area contributed by atoms with E-state index < -0.39 is 0 Å². The minimum atomic E-state index is -0.104. The van der Waals surface area contributed by atoms with Gasteiger partial charge in [0, 0.05) is 5.56 Å². The number of hydrogen-bond acceptors (Lipinski definition) is 3. The number of benzene rings is 2. The lowest BCUT2D eigenvalue weighted by molar-refractivity contribution is 0.0926. The van der Waals surface area contributed by atoms with Crippen molar-refractivity contribution in [3.05, 3.63) is 58.7 Å². The number of amides is 1. The Balaban J connectivity index is 2.04. The van der Waals surface area contributed by atoms with Crippen molar-refractivity contribution in [3.63, 3.8) is 0 Å². The molecular formula is C22H29NO3. The number of aryl methyl sites for hydroxylation is 2. The molecular weight excluding hydrogens is 326 g/mol. The lowest BCUT2D eigenvalue weighted by atomic mass is 9.96. The molecule has 0 fully saturated rings. The molecule has 0 spiro atoms. The van der Waals surface area contributed by atoms with Crippen molar-refractivity contribution in [1.29, 1.82) is 0 Å². The average molecular weight is 355 g/mol. The largest absolute Gasteiger partial charge is 0.496 e. The number of nitrogens with one attached hydrogen (secondary N) is 1. The first-order chi connectivity index (χ1) is 12.3. The fourth-order valence-corrected chi connectivity index (χ4v) is 2.77. The van der Waals surface area contributed by atoms with Gasteiger partial charge in [-0.25, -0.2) is 0 Å². The Bertz CT molecular complexity index is 751. The number of ether oxygens (including phenoxy) is 2. The number of carbonyl (C=O) groups is 1. The Labute approximate surface area is 156 Å². The van der Waals surface area contributed by atoms with E-state index in [1.165, 1.54) is 5.56 Å². The van der Waals surface area contributed by atoms with Crippen molar-refractivity contribution < 1.29 is 14.3 Å². The molecule has 4 nitrogen and oxygen atoms in total. The van der Waals surface area contributed by atoms with Crippen LogP contribution in [0.1, 0.15) is 53.7 Å². The molecule has 0 aliphatic rings. The summed E-state index contributed by atoms with van der Waals surface area (Å²) in [5.74, 6) is 1.82. The maximum atomic E-state index is 12.7. The monoisotopic (exact) mass is 355 g/mol. The third-order valence-electron chi connectivity index (χ3n) is 4.34. The van der Waals surface area contributed by atoms with Crippen LogP contribution in [0.4, 0.5) is 0 Å². The Morgan fingerprint density at radius 2 is 1.73 bits per heavy atom. The smallest absolute Gasteiger partial charge is 0.251 e. The van der Waals surface area contributed by atoms with E-state index in [-0.39, 0.29) is 17.9 Å². The molecule has 2 rings (SSSR count). The van der Waals surface area contributed by atoms with Gasteiger partial charge >= 0.3 is 0 Å². The van der Waals surface area contributed by atoms with Crippen LogP contribution >= 0.6 is 0 Å². The molecule has 0 aromatic heterocycles. The van der Waals surface area contributed by atoms with Gasteiger partial charge in [-0.15, -0.1) is 0 Å². The van der Waals surface area contributed by atoms with Crippen molar-refractivity contribution in [1.82, 2.24) is 5.32 Å². The summed E-state index contributed by atoms with van der Waals surface area (Å²) in [5.41, 5.74) is 3.80. The Hall–Kier alpha value is -2.49. The molecule has 0 bridgehead atoms. The van der Waals surface area contributed by atoms with E-state index >= 15 is 0 Å². The molecule has 2 aromatic carbocycles. The zero-order valence-corrected chi connectivity index (χ0v) is 16.6. The van der Waals surface area contributed by atoms with Crippen LogP contribution in [0.2, 0.25) is 0 Å². The van der Waals surface area contributed by atoms with Gasteiger partial charge in [0.25, 0.3) is 5.91 Å². The molecule has 1 N–H and O–H groups in total. The first-order valence-electron chi connectivity index (χ1n) is 9.00. The van der Waals surface area contributed by atoms with Crippen LogP contribution in [-0.2, 0) is 0 Å². The van der Waals surface area contributed by atoms with E-state index in [4.69, 9.17) is 9.47 Å². The van der Waals surface area contributed by atoms with Gasteiger partial charge in [-0.2, -0.15) is 0 Å². The molecule has 2 aromatic rings. The van der Waals surface area contributed by atoms with Gasteiger partial charge in [0.05, 0.1) is 13.2 Å². The Kier molecular flexibility index (Phi) is 6.67. The summed E-state index contributed by atoms with van der Waals surface area (Å²) in [6.07, 6.45) is 0. The molecule has 1 amide bonds. The van der Waals surface area contributed by atoms with Crippen molar-refractivity contribution in [2.45, 2.75) is 46.6 Å². The third-order valence-corrected chi connectivity index (χ3v) is 4.34. The number of rotatable bonds is 7. The second-order valence-corrected chi connectivity index (χ2v) is 7.06. The molecule has 0 saturated heterocycles. The lowest BCUT2D eigenvalue weighted by Gasteiger charge is -2.18. The van der Waals surface area contributed by atoms with Gasteiger partial charge in [-0.3, -0.25) is 4.79 Å². The van der Waals surface area contributed by atoms with Crippen molar-refractivity contribution in [2.24, 2.45) is 0 Å². The summed E-state index contributed by atoms with van der Waals surface area (Å²) >= 11 is 0. The van der Waals surface area contributed by atoms with Gasteiger partial charge in [0.15, 0.2) is 0 Å². The summed E-state index contributed by atoms with van der Waals surface area (Å²) < 4.78 is 11.2. The maximum Gasteiger partial charge on any atom is 0.251 e. The first kappa shape index (κ1) is 19.8. The van der Waals surface area contributed by atoms with E-state index in [0.29, 0.717) is 12.2 Å². The summed E-state index contributed by atoms with van der Waals surface area (Å²) in [5, 5.41) is 3.02. The molecule has 0 radical (unpaired) electrons. The van der Waals surface area contributed by atoms with Crippen LogP contribution in [0.15, 0.2) is 36.4 Å². The van der Waals surface area contributed by atoms with Crippen LogP contribution in [-0.4, -0.2) is 25.7 Å². The second kappa shape index (κ2) is 8.75. The Morgan fingerprint density at radius 1 is 1.08 bits per heavy atom. The minimum absolute atomic E-state index is 0.0907. The summed E-state index contributed by atoms with van der Waals surface area (Å²) in [4.78, 5) is 12.7. The van der Waals surface area contributed by atoms with Gasteiger partial charge in [-0.1, -0.05) is 31.5 Å². The fourth-order valence-electron chi connectivity index (χ4n) is 2.77. The molecule has 26 heavy (non-hydrogen) atoms. The van der Waals surface area contributed by atoms with Crippen LogP contribution in [0.25, 0.3) is 0 Å². The van der Waals surface area contributed by atoms with Crippen LogP contribution in [0.3, 0.4) is 0 Å². The number of methoxy groups -OCH3 is 1. The quantitative estimate of drug-likeness (QED) is 0.787. The van der Waals surface area contributed by atoms with Crippen molar-refractivity contribution >= 4 is 5.91 Å². The van der Waals surface area contributed by atoms with Crippen molar-refractivity contribution in [3.8, 4) is 11.5 Å². The maximum absolute atomic E-state index is 12.7. The first-order valence-corrected chi connectivity index (χ1v) is 9.00. The van der Waals surface area contributed by atoms with Crippen molar-refractivity contribution in [2.75, 3.05) is 13.7 Å². The highest BCUT2D eigenvalue weighted by molar-refractivity contribution is 5.96. The minimum Gasteiger partial charge on any atom is -0.496 e. The van der Waals surface area contributed by atoms with Crippen LogP contribution in [0, 0.1) is 13.8 Å². The van der Waals surface area contributed by atoms with Crippen LogP contribution < -0.4 is 14.8 Å². The average Bonchev–Trinajstić information content (AvgIpc) is 2.60. The van der Waals surface area contributed by atoms with E-state index in [1.807, 2.05) is 57.2 Å². The molecule has 0 aliphatic carbocycles. The molecule has 0 heterocycles. The van der Waals surface area contributed by atoms with E-state index in [9.17, 15) is 4.79 Å². The van der Waals surface area contributed by atoms with Gasteiger partial charge in [0.2, 0.25) is 0 Å². The van der Waals surface area contributed by atoms with Gasteiger partial charge in [0.1, 0.15) is 18.1 Å². The van der Waals surface area contributed by atoms with E-state index in [1.54, 1.807) is 7.11 Å². The standard InChI is InChI=1S/C22H29NO3/c1-14(2)19-12-20(16(4)11-21(19)25-6)22(24)23-17(5)13-26-18-9-7-15(3)8-10-18/h7-12,14,17H,13H2,1-6H3,(H,23,24)/t17-/m0/s1. The highest BCUT2D eigenvalue weighted by Crippen LogP contribution is 2.29. The summed E-state index contributed by atoms with van der Waals surface area (Å²) in [7, 11) is 1.66. The SMILES string of the molecule is COc1cc(C)c(C(=O)N[C@@H](C)COc2ccc(C)cc2)cc1C(C)C. The molecule has 1 atom stereocenters. The zero-order valence-electron chi connectivity index (χ0n) is 16.6. The third kappa shape index (κ3) is 5.01. The summed E-state index contributed by atoms with van der Waals surface area (Å²) in [6, 6.07) is 11.6. The fraction of sp³-hybridized carbons (Fsp3) is 0.409. The molecule has 0 unspecified atom stereocenters. The molecule has 4 heteroatoms. The summed E-state index contributed by atoms with van der Waals surface area (Å²) in [6.45, 7) is 10.5. The van der Waals surface area contributed by atoms with E-state index in [0.717, 1.165) is 22.6 Å². The zero-order chi connectivity index (χ0) is 19.3. The van der Waals surface area contributed by atoms with E-state index in [2.05, 4.69) is 19.2 Å². The van der Waals surface area contributed by atoms with Crippen LogP contribution in [0.5, 0.6) is 11.5 Å². The predicted octanol–water partition coefficient (Wildman–Crippen LogP) is 4.63. The highest BCUT2D eigenvalue weighted by Gasteiger charge is 2.17. The predicted molar refractivity (Wildman–Crippen MR) is 105 cm³/mol. The second-order valence-electron chi connectivity index (χ2n) is 7.06. The number of hydrogen-bond donors (Lipinski definition) is 1. The number of carbonyl (C=O) groups excluding carboxylic acids is 1. The van der Waals surface area contributed by atoms with Gasteiger partial charge in [-0.05, 0) is 62.1 Å². The normalized spacial score (nSPS) is 12.0. The van der Waals surface area contributed by atoms with Gasteiger partial charge < -0.3 is 14.8 Å². The highest BCUT2D eigenvalue weighted by atomic mass is 16.5. The topological polar surface area (TPSA) is 47.6 Å². The lowest BCUT2D eigenvalue weighted by Crippen LogP contribution is -2.37. The molecule has 140 valence electrons. The molecule has 0 aliphatic heterocycles. The molecule has 0 saturated carbocycles.